The van der Waals surface area contributed by atoms with E-state index in [9.17, 15) is 4.79 Å². The largest absolute Gasteiger partial charge is 0.493 e. The molecule has 7 heteroatoms. The fourth-order valence-corrected chi connectivity index (χ4v) is 4.26. The van der Waals surface area contributed by atoms with Gasteiger partial charge in [0.25, 0.3) is 5.91 Å². The smallest absolute Gasteiger partial charge is 0.272 e. The summed E-state index contributed by atoms with van der Waals surface area (Å²) in [5.41, 5.74) is 2.92. The molecule has 0 aliphatic rings. The molecule has 0 unspecified atom stereocenters. The number of ether oxygens (including phenoxy) is 3. The van der Waals surface area contributed by atoms with E-state index in [2.05, 4.69) is 30.0 Å². The van der Waals surface area contributed by atoms with Crippen LogP contribution in [0.3, 0.4) is 0 Å². The number of nitrogens with zero attached hydrogens (tertiary/aromatic N) is 2. The molecule has 2 aromatic carbocycles. The molecule has 3 aromatic rings. The van der Waals surface area contributed by atoms with Crippen molar-refractivity contribution >= 4 is 33.5 Å². The van der Waals surface area contributed by atoms with Crippen molar-refractivity contribution in [2.75, 3.05) is 21.3 Å². The van der Waals surface area contributed by atoms with E-state index >= 15 is 0 Å². The van der Waals surface area contributed by atoms with Crippen LogP contribution in [-0.4, -0.2) is 31.8 Å². The molecule has 0 radical (unpaired) electrons. The van der Waals surface area contributed by atoms with Gasteiger partial charge in [0.1, 0.15) is 0 Å². The second-order valence-corrected chi connectivity index (χ2v) is 7.58. The zero-order valence-electron chi connectivity index (χ0n) is 18.0. The van der Waals surface area contributed by atoms with Crippen molar-refractivity contribution < 1.29 is 19.0 Å². The highest BCUT2D eigenvalue weighted by atomic mass is 32.1. The molecule has 0 aliphatic heterocycles. The lowest BCUT2D eigenvalue weighted by Crippen LogP contribution is -2.15. The lowest BCUT2D eigenvalue weighted by molar-refractivity contribution is -0.113. The van der Waals surface area contributed by atoms with Crippen LogP contribution in [0.1, 0.15) is 18.1 Å². The molecule has 0 aliphatic carbocycles. The van der Waals surface area contributed by atoms with E-state index in [1.54, 1.807) is 32.4 Å². The molecule has 0 spiro atoms. The van der Waals surface area contributed by atoms with Crippen LogP contribution in [0.15, 0.2) is 41.4 Å². The number of aromatic nitrogens is 1. The summed E-state index contributed by atoms with van der Waals surface area (Å²) in [4.78, 5) is 17.4. The van der Waals surface area contributed by atoms with Gasteiger partial charge >= 0.3 is 0 Å². The summed E-state index contributed by atoms with van der Waals surface area (Å²) in [6.45, 7) is 2.45. The molecule has 160 valence electrons. The molecular weight excluding hydrogens is 412 g/mol. The van der Waals surface area contributed by atoms with Gasteiger partial charge in [-0.3, -0.25) is 4.79 Å². The van der Waals surface area contributed by atoms with Gasteiger partial charge in [-0.25, -0.2) is 0 Å². The van der Waals surface area contributed by atoms with Gasteiger partial charge in [-0.1, -0.05) is 30.2 Å². The van der Waals surface area contributed by atoms with E-state index in [4.69, 9.17) is 20.6 Å². The second kappa shape index (κ2) is 10.0. The number of rotatable bonds is 7. The first-order chi connectivity index (χ1) is 15.0. The molecule has 1 amide bonds. The Labute approximate surface area is 185 Å². The van der Waals surface area contributed by atoms with Crippen LogP contribution in [0, 0.1) is 12.3 Å². The van der Waals surface area contributed by atoms with Gasteiger partial charge in [0, 0.05) is 6.08 Å². The SMILES string of the molecule is C#CCn1c(=NC(=O)C=Cc2cc(OC)c(OC)c(OC)c2)sc2cc(CC)ccc21. The Morgan fingerprint density at radius 1 is 1.16 bits per heavy atom. The molecule has 0 N–H and O–H groups in total. The predicted octanol–water partition coefficient (Wildman–Crippen LogP) is 4.06. The number of carbonyl (C=O) groups is 1. The van der Waals surface area contributed by atoms with Gasteiger partial charge in [0.05, 0.1) is 38.1 Å². The van der Waals surface area contributed by atoms with Gasteiger partial charge in [-0.2, -0.15) is 4.99 Å². The second-order valence-electron chi connectivity index (χ2n) is 6.57. The van der Waals surface area contributed by atoms with Crippen LogP contribution >= 0.6 is 11.3 Å². The molecule has 3 rings (SSSR count). The van der Waals surface area contributed by atoms with Crippen LogP contribution < -0.4 is 19.0 Å². The number of thiazole rings is 1. The van der Waals surface area contributed by atoms with Crippen LogP contribution in [-0.2, 0) is 17.8 Å². The van der Waals surface area contributed by atoms with E-state index in [0.29, 0.717) is 28.6 Å². The fourth-order valence-electron chi connectivity index (χ4n) is 3.16. The minimum absolute atomic E-state index is 0.341. The molecule has 0 fully saturated rings. The molecular formula is C24H24N2O4S. The molecule has 0 atom stereocenters. The van der Waals surface area contributed by atoms with Crippen molar-refractivity contribution in [3.63, 3.8) is 0 Å². The van der Waals surface area contributed by atoms with Crippen LogP contribution in [0.4, 0.5) is 0 Å². The number of amides is 1. The Bertz CT molecular complexity index is 1220. The highest BCUT2D eigenvalue weighted by molar-refractivity contribution is 7.16. The quantitative estimate of drug-likeness (QED) is 0.414. The van der Waals surface area contributed by atoms with Crippen molar-refractivity contribution in [1.29, 1.82) is 0 Å². The predicted molar refractivity (Wildman–Crippen MR) is 124 cm³/mol. The Kier molecular flexibility index (Phi) is 7.16. The summed E-state index contributed by atoms with van der Waals surface area (Å²) < 4.78 is 19.0. The lowest BCUT2D eigenvalue weighted by Gasteiger charge is -2.12. The number of hydrogen-bond donors (Lipinski definition) is 0. The number of aryl methyl sites for hydroxylation is 1. The maximum absolute atomic E-state index is 12.6. The van der Waals surface area contributed by atoms with E-state index in [1.165, 1.54) is 30.1 Å². The van der Waals surface area contributed by atoms with Crippen LogP contribution in [0.5, 0.6) is 17.2 Å². The Morgan fingerprint density at radius 3 is 2.45 bits per heavy atom. The van der Waals surface area contributed by atoms with Crippen molar-refractivity contribution in [1.82, 2.24) is 4.57 Å². The third-order valence-electron chi connectivity index (χ3n) is 4.72. The first kappa shape index (κ1) is 22.2. The number of fused-ring (bicyclic) bond motifs is 1. The molecule has 31 heavy (non-hydrogen) atoms. The summed E-state index contributed by atoms with van der Waals surface area (Å²) >= 11 is 1.45. The summed E-state index contributed by atoms with van der Waals surface area (Å²) in [6.07, 6.45) is 9.54. The average molecular weight is 437 g/mol. The fraction of sp³-hybridized carbons (Fsp3) is 0.250. The Balaban J connectivity index is 1.97. The number of terminal acetylenes is 1. The summed E-state index contributed by atoms with van der Waals surface area (Å²) in [7, 11) is 4.63. The van der Waals surface area contributed by atoms with Crippen molar-refractivity contribution in [2.45, 2.75) is 19.9 Å². The molecule has 6 nitrogen and oxygen atoms in total. The highest BCUT2D eigenvalue weighted by Gasteiger charge is 2.12. The van der Waals surface area contributed by atoms with Gasteiger partial charge in [0.15, 0.2) is 16.3 Å². The zero-order chi connectivity index (χ0) is 22.4. The number of hydrogen-bond acceptors (Lipinski definition) is 5. The zero-order valence-corrected chi connectivity index (χ0v) is 18.8. The summed E-state index contributed by atoms with van der Waals surface area (Å²) in [5.74, 6) is 3.76. The third-order valence-corrected chi connectivity index (χ3v) is 5.76. The van der Waals surface area contributed by atoms with Gasteiger partial charge < -0.3 is 18.8 Å². The monoisotopic (exact) mass is 436 g/mol. The number of benzene rings is 2. The molecule has 1 aromatic heterocycles. The van der Waals surface area contributed by atoms with Crippen LogP contribution in [0.2, 0.25) is 0 Å². The minimum atomic E-state index is -0.387. The normalized spacial score (nSPS) is 11.6. The van der Waals surface area contributed by atoms with E-state index in [0.717, 1.165) is 22.2 Å². The standard InChI is InChI=1S/C24H24N2O4S/c1-6-12-26-18-10-8-16(7-2)15-21(18)31-24(26)25-22(27)11-9-17-13-19(28-3)23(30-5)20(14-17)29-4/h1,8-11,13-15H,7,12H2,2-5H3. The first-order valence-corrected chi connectivity index (χ1v) is 10.5. The minimum Gasteiger partial charge on any atom is -0.493 e. The molecule has 0 saturated heterocycles. The Morgan fingerprint density at radius 2 is 1.87 bits per heavy atom. The van der Waals surface area contributed by atoms with Gasteiger partial charge in [-0.15, -0.1) is 6.42 Å². The van der Waals surface area contributed by atoms with Gasteiger partial charge in [0.2, 0.25) is 5.75 Å². The molecule has 0 bridgehead atoms. The van der Waals surface area contributed by atoms with Gasteiger partial charge in [-0.05, 0) is 47.9 Å². The van der Waals surface area contributed by atoms with E-state index < -0.39 is 0 Å². The van der Waals surface area contributed by atoms with Crippen molar-refractivity contribution in [3.05, 3.63) is 52.3 Å². The van der Waals surface area contributed by atoms with E-state index in [1.807, 2.05) is 10.6 Å². The van der Waals surface area contributed by atoms with Crippen molar-refractivity contribution in [2.24, 2.45) is 4.99 Å². The number of carbonyl (C=O) groups excluding carboxylic acids is 1. The summed E-state index contributed by atoms with van der Waals surface area (Å²) in [6, 6.07) is 9.72. The maximum Gasteiger partial charge on any atom is 0.272 e. The number of methoxy groups -OCH3 is 3. The van der Waals surface area contributed by atoms with Crippen LogP contribution in [0.25, 0.3) is 16.3 Å². The lowest BCUT2D eigenvalue weighted by atomic mass is 10.1. The molecule has 0 saturated carbocycles. The average Bonchev–Trinajstić information content (AvgIpc) is 3.12. The van der Waals surface area contributed by atoms with E-state index in [-0.39, 0.29) is 5.91 Å². The Hall–Kier alpha value is -3.50. The maximum atomic E-state index is 12.6. The third kappa shape index (κ3) is 4.81. The molecule has 1 heterocycles. The van der Waals surface area contributed by atoms with Crippen molar-refractivity contribution in [3.8, 4) is 29.6 Å². The first-order valence-electron chi connectivity index (χ1n) is 9.67. The topological polar surface area (TPSA) is 62.1 Å². The summed E-state index contributed by atoms with van der Waals surface area (Å²) in [5, 5.41) is 0. The highest BCUT2D eigenvalue weighted by Crippen LogP contribution is 2.38.